The summed E-state index contributed by atoms with van der Waals surface area (Å²) in [5.41, 5.74) is 2.71. The molecule has 3 aliphatic heterocycles. The quantitative estimate of drug-likeness (QED) is 0.209. The van der Waals surface area contributed by atoms with Crippen LogP contribution in [-0.2, 0) is 20.7 Å². The van der Waals surface area contributed by atoms with Gasteiger partial charge in [0.25, 0.3) is 0 Å². The minimum absolute atomic E-state index is 0.0000745. The van der Waals surface area contributed by atoms with Gasteiger partial charge in [-0.1, -0.05) is 55.7 Å². The molecule has 0 aromatic heterocycles. The Balaban J connectivity index is 1.04. The third kappa shape index (κ3) is 4.46. The molecule has 8 nitrogen and oxygen atoms in total. The third-order valence-electron chi connectivity index (χ3n) is 10.5. The third-order valence-corrected chi connectivity index (χ3v) is 10.5. The molecule has 0 unspecified atom stereocenters. The van der Waals surface area contributed by atoms with Gasteiger partial charge in [-0.05, 0) is 80.7 Å². The van der Waals surface area contributed by atoms with Gasteiger partial charge in [0.15, 0.2) is 5.60 Å². The van der Waals surface area contributed by atoms with E-state index in [0.29, 0.717) is 39.4 Å². The van der Waals surface area contributed by atoms with Crippen molar-refractivity contribution >= 4 is 17.6 Å². The average molecular weight is 617 g/mol. The van der Waals surface area contributed by atoms with Gasteiger partial charge >= 0.3 is 5.97 Å². The van der Waals surface area contributed by atoms with Crippen molar-refractivity contribution in [2.45, 2.75) is 56.1 Å². The van der Waals surface area contributed by atoms with Gasteiger partial charge in [-0.3, -0.25) is 9.69 Å². The highest BCUT2D eigenvalue weighted by atomic mass is 16.6. The average Bonchev–Trinajstić information content (AvgIpc) is 3.36. The molecule has 3 N–H and O–H groups in total. The number of esters is 1. The topological polar surface area (TPSA) is 108 Å². The van der Waals surface area contributed by atoms with Gasteiger partial charge in [-0.15, -0.1) is 0 Å². The van der Waals surface area contributed by atoms with Crippen LogP contribution in [0.5, 0.6) is 23.0 Å². The number of rotatable bonds is 4. The second-order valence-corrected chi connectivity index (χ2v) is 13.0. The van der Waals surface area contributed by atoms with E-state index in [1.54, 1.807) is 24.3 Å². The van der Waals surface area contributed by atoms with Crippen molar-refractivity contribution < 1.29 is 29.3 Å². The van der Waals surface area contributed by atoms with Crippen LogP contribution in [0.2, 0.25) is 0 Å². The Morgan fingerprint density at radius 2 is 1.41 bits per heavy atom. The molecule has 0 bridgehead atoms. The number of fused-ring (bicyclic) bond motifs is 6. The van der Waals surface area contributed by atoms with E-state index in [1.165, 1.54) is 49.1 Å². The van der Waals surface area contributed by atoms with E-state index >= 15 is 0 Å². The van der Waals surface area contributed by atoms with E-state index in [1.807, 2.05) is 6.07 Å². The predicted octanol–water partition coefficient (Wildman–Crippen LogP) is 7.18. The molecule has 8 rings (SSSR count). The van der Waals surface area contributed by atoms with Gasteiger partial charge in [-0.25, -0.2) is 4.79 Å². The zero-order valence-electron chi connectivity index (χ0n) is 25.5. The first-order chi connectivity index (χ1) is 22.4. The van der Waals surface area contributed by atoms with Crippen molar-refractivity contribution in [2.75, 3.05) is 18.4 Å². The number of phenolic OH excluding ortho intramolecular Hbond substituents is 2. The highest BCUT2D eigenvalue weighted by Gasteiger charge is 2.54. The number of hydrogen-bond acceptors (Lipinski definition) is 7. The van der Waals surface area contributed by atoms with Crippen LogP contribution in [0.4, 0.5) is 5.69 Å². The molecule has 234 valence electrons. The molecule has 46 heavy (non-hydrogen) atoms. The molecule has 1 saturated carbocycles. The van der Waals surface area contributed by atoms with Crippen molar-refractivity contribution in [3.8, 4) is 23.0 Å². The zero-order chi connectivity index (χ0) is 31.5. The summed E-state index contributed by atoms with van der Waals surface area (Å²) in [6.07, 6.45) is 7.61. The van der Waals surface area contributed by atoms with Gasteiger partial charge in [0.2, 0.25) is 5.91 Å². The summed E-state index contributed by atoms with van der Waals surface area (Å²) in [5, 5.41) is 23.4. The Bertz CT molecular complexity index is 1790. The number of nitrogens with one attached hydrogen (secondary N) is 1. The van der Waals surface area contributed by atoms with Crippen LogP contribution in [0.25, 0.3) is 0 Å². The molecule has 3 heterocycles. The first-order valence-electron chi connectivity index (χ1n) is 16.2. The van der Waals surface area contributed by atoms with Crippen LogP contribution in [0.1, 0.15) is 77.6 Å². The molecule has 1 spiro atoms. The highest BCUT2D eigenvalue weighted by molar-refractivity contribution is 6.00. The Kier molecular flexibility index (Phi) is 6.79. The Labute approximate surface area is 267 Å². The van der Waals surface area contributed by atoms with Gasteiger partial charge < -0.3 is 25.0 Å². The van der Waals surface area contributed by atoms with Crippen LogP contribution < -0.4 is 10.1 Å². The van der Waals surface area contributed by atoms with Crippen LogP contribution in [0, 0.1) is 5.92 Å². The minimum atomic E-state index is -1.33. The lowest BCUT2D eigenvalue weighted by Gasteiger charge is -2.49. The van der Waals surface area contributed by atoms with E-state index in [2.05, 4.69) is 40.5 Å². The van der Waals surface area contributed by atoms with Crippen molar-refractivity contribution in [3.05, 3.63) is 113 Å². The maximum atomic E-state index is 13.6. The molecule has 0 radical (unpaired) electrons. The number of aromatic hydroxyl groups is 2. The normalized spacial score (nSPS) is 19.8. The maximum absolute atomic E-state index is 13.6. The SMILES string of the molecule is O=C1OC2(c3ccc(O)cc3Oc3cc(O)ccc32)c2ccc(NC(=O)C3CCN(C4(c5ccccc5)CCCCC4)CC3)cc21. The highest BCUT2D eigenvalue weighted by Crippen LogP contribution is 2.57. The van der Waals surface area contributed by atoms with E-state index in [9.17, 15) is 19.8 Å². The smallest absolute Gasteiger partial charge is 0.340 e. The van der Waals surface area contributed by atoms with E-state index in [0.717, 1.165) is 38.8 Å². The number of amides is 1. The Morgan fingerprint density at radius 3 is 2.07 bits per heavy atom. The van der Waals surface area contributed by atoms with Crippen molar-refractivity contribution in [3.63, 3.8) is 0 Å². The summed E-state index contributed by atoms with van der Waals surface area (Å²) < 4.78 is 12.2. The second-order valence-electron chi connectivity index (χ2n) is 13.0. The first kappa shape index (κ1) is 28.6. The molecule has 4 aromatic rings. The van der Waals surface area contributed by atoms with Crippen molar-refractivity contribution in [2.24, 2.45) is 5.92 Å². The van der Waals surface area contributed by atoms with Crippen molar-refractivity contribution in [1.29, 1.82) is 0 Å². The van der Waals surface area contributed by atoms with E-state index in [4.69, 9.17) is 9.47 Å². The summed E-state index contributed by atoms with van der Waals surface area (Å²) in [5.74, 6) is -0.0352. The maximum Gasteiger partial charge on any atom is 0.340 e. The summed E-state index contributed by atoms with van der Waals surface area (Å²) in [7, 11) is 0. The monoisotopic (exact) mass is 616 g/mol. The zero-order valence-corrected chi connectivity index (χ0v) is 25.5. The number of piperidine rings is 1. The van der Waals surface area contributed by atoms with Gasteiger partial charge in [0, 0.05) is 46.0 Å². The van der Waals surface area contributed by atoms with Gasteiger partial charge in [0.05, 0.1) is 5.56 Å². The number of benzene rings is 4. The molecule has 0 atom stereocenters. The molecule has 4 aliphatic rings. The number of ether oxygens (including phenoxy) is 2. The first-order valence-corrected chi connectivity index (χ1v) is 16.2. The van der Waals surface area contributed by atoms with E-state index in [-0.39, 0.29) is 28.9 Å². The number of anilines is 1. The summed E-state index contributed by atoms with van der Waals surface area (Å²) in [6.45, 7) is 1.75. The van der Waals surface area contributed by atoms with Crippen molar-refractivity contribution in [1.82, 2.24) is 4.90 Å². The Morgan fingerprint density at radius 1 is 0.783 bits per heavy atom. The molecular formula is C38H36N2O6. The minimum Gasteiger partial charge on any atom is -0.508 e. The fraction of sp³-hybridized carbons (Fsp3) is 0.316. The molecule has 8 heteroatoms. The predicted molar refractivity (Wildman–Crippen MR) is 172 cm³/mol. The summed E-state index contributed by atoms with van der Waals surface area (Å²) in [6, 6.07) is 25.5. The van der Waals surface area contributed by atoms with E-state index < -0.39 is 11.6 Å². The molecule has 1 saturated heterocycles. The number of carbonyl (C=O) groups excluding carboxylic acids is 2. The fourth-order valence-electron chi connectivity index (χ4n) is 8.27. The molecular weight excluding hydrogens is 580 g/mol. The standard InChI is InChI=1S/C38H36N2O6/c41-27-10-13-31-33(22-27)45-34-23-28(42)11-14-32(34)38(31)30-12-9-26(21-29(30)36(44)46-38)39-35(43)24-15-19-40(20-16-24)37(17-5-2-6-18-37)25-7-3-1-4-8-25/h1,3-4,7-14,21-24,41-42H,2,5-6,15-20H2,(H,39,43). The number of phenols is 2. The molecule has 1 amide bonds. The summed E-state index contributed by atoms with van der Waals surface area (Å²) in [4.78, 5) is 29.7. The Hall–Kier alpha value is -4.82. The molecule has 4 aromatic carbocycles. The van der Waals surface area contributed by atoms with Gasteiger partial charge in [-0.2, -0.15) is 0 Å². The van der Waals surface area contributed by atoms with Crippen LogP contribution >= 0.6 is 0 Å². The number of nitrogens with zero attached hydrogens (tertiary/aromatic N) is 1. The number of hydrogen-bond donors (Lipinski definition) is 3. The van der Waals surface area contributed by atoms with Crippen LogP contribution in [0.3, 0.4) is 0 Å². The fourth-order valence-corrected chi connectivity index (χ4v) is 8.27. The molecule has 1 aliphatic carbocycles. The largest absolute Gasteiger partial charge is 0.508 e. The van der Waals surface area contributed by atoms with Crippen LogP contribution in [-0.4, -0.2) is 40.1 Å². The second kappa shape index (κ2) is 10.9. The van der Waals surface area contributed by atoms with Crippen LogP contribution in [0.15, 0.2) is 84.9 Å². The lowest BCUT2D eigenvalue weighted by molar-refractivity contribution is -0.122. The molecule has 2 fully saturated rings. The van der Waals surface area contributed by atoms with Gasteiger partial charge in [0.1, 0.15) is 23.0 Å². The summed E-state index contributed by atoms with van der Waals surface area (Å²) >= 11 is 0. The lowest BCUT2D eigenvalue weighted by atomic mass is 9.74. The number of likely N-dealkylation sites (tertiary alicyclic amines) is 1. The number of carbonyl (C=O) groups is 2. The lowest BCUT2D eigenvalue weighted by Crippen LogP contribution is -2.51.